The summed E-state index contributed by atoms with van der Waals surface area (Å²) < 4.78 is 18.9. The van der Waals surface area contributed by atoms with E-state index in [1.807, 2.05) is 20.8 Å². The zero-order valence-corrected chi connectivity index (χ0v) is 12.3. The van der Waals surface area contributed by atoms with Crippen LogP contribution in [0, 0.1) is 11.7 Å². The molecule has 0 bridgehead atoms. The first-order valence-electron chi connectivity index (χ1n) is 6.82. The Labute approximate surface area is 119 Å². The second kappa shape index (κ2) is 7.85. The van der Waals surface area contributed by atoms with E-state index in [0.29, 0.717) is 18.9 Å². The van der Waals surface area contributed by atoms with E-state index in [0.717, 1.165) is 5.56 Å². The molecule has 112 valence electrons. The van der Waals surface area contributed by atoms with Gasteiger partial charge in [0.05, 0.1) is 0 Å². The highest BCUT2D eigenvalue weighted by molar-refractivity contribution is 5.77. The molecule has 1 rings (SSSR count). The summed E-state index contributed by atoms with van der Waals surface area (Å²) in [6.45, 7) is 6.26. The number of ether oxygens (including phenoxy) is 1. The second-order valence-electron chi connectivity index (χ2n) is 5.43. The predicted octanol–water partition coefficient (Wildman–Crippen LogP) is 1.87. The van der Waals surface area contributed by atoms with Gasteiger partial charge in [0, 0.05) is 12.6 Å². The second-order valence-corrected chi connectivity index (χ2v) is 5.43. The maximum Gasteiger partial charge on any atom is 0.257 e. The minimum atomic E-state index is -0.472. The van der Waals surface area contributed by atoms with Gasteiger partial charge in [-0.15, -0.1) is 0 Å². The van der Waals surface area contributed by atoms with E-state index in [2.05, 4.69) is 5.32 Å². The van der Waals surface area contributed by atoms with Crippen LogP contribution in [-0.4, -0.2) is 25.1 Å². The van der Waals surface area contributed by atoms with Crippen molar-refractivity contribution in [3.05, 3.63) is 29.6 Å². The summed E-state index contributed by atoms with van der Waals surface area (Å²) in [5, 5.41) is 2.71. The first kappa shape index (κ1) is 16.4. The number of nitrogens with one attached hydrogen (secondary N) is 1. The molecular weight excluding hydrogens is 259 g/mol. The molecule has 0 fully saturated rings. The van der Waals surface area contributed by atoms with Crippen molar-refractivity contribution >= 4 is 5.91 Å². The van der Waals surface area contributed by atoms with Crippen LogP contribution in [0.5, 0.6) is 5.75 Å². The van der Waals surface area contributed by atoms with E-state index >= 15 is 0 Å². The average Bonchev–Trinajstić information content (AvgIpc) is 2.34. The molecule has 0 spiro atoms. The number of hydrogen-bond donors (Lipinski definition) is 2. The molecule has 1 unspecified atom stereocenters. The number of hydrogen-bond acceptors (Lipinski definition) is 3. The Hall–Kier alpha value is -1.62. The van der Waals surface area contributed by atoms with Gasteiger partial charge < -0.3 is 15.8 Å². The van der Waals surface area contributed by atoms with Crippen molar-refractivity contribution in [2.45, 2.75) is 33.2 Å². The smallest absolute Gasteiger partial charge is 0.257 e. The standard InChI is InChI=1S/C15H23FN2O2/c1-10(2)8-18-15(19)9-20-14-5-4-12(6-11(3)17)7-13(14)16/h4-5,7,10-11H,6,8-9,17H2,1-3H3,(H,18,19). The highest BCUT2D eigenvalue weighted by atomic mass is 19.1. The number of rotatable bonds is 7. The van der Waals surface area contributed by atoms with Crippen LogP contribution in [0.2, 0.25) is 0 Å². The van der Waals surface area contributed by atoms with Crippen LogP contribution in [0.1, 0.15) is 26.3 Å². The molecule has 0 aliphatic carbocycles. The maximum absolute atomic E-state index is 13.8. The number of benzene rings is 1. The van der Waals surface area contributed by atoms with Crippen molar-refractivity contribution in [1.29, 1.82) is 0 Å². The Balaban J connectivity index is 2.50. The van der Waals surface area contributed by atoms with Crippen LogP contribution >= 0.6 is 0 Å². The third-order valence-electron chi connectivity index (χ3n) is 2.62. The van der Waals surface area contributed by atoms with Gasteiger partial charge in [0.25, 0.3) is 5.91 Å². The number of halogens is 1. The van der Waals surface area contributed by atoms with E-state index in [-0.39, 0.29) is 24.3 Å². The molecule has 0 aliphatic rings. The van der Waals surface area contributed by atoms with E-state index < -0.39 is 5.82 Å². The number of nitrogens with two attached hydrogens (primary N) is 1. The van der Waals surface area contributed by atoms with Gasteiger partial charge in [0.15, 0.2) is 18.2 Å². The Bertz CT molecular complexity index is 447. The molecule has 1 atom stereocenters. The molecule has 1 aromatic carbocycles. The first-order valence-corrected chi connectivity index (χ1v) is 6.82. The third-order valence-corrected chi connectivity index (χ3v) is 2.62. The summed E-state index contributed by atoms with van der Waals surface area (Å²) >= 11 is 0. The Morgan fingerprint density at radius 1 is 1.40 bits per heavy atom. The fraction of sp³-hybridized carbons (Fsp3) is 0.533. The van der Waals surface area contributed by atoms with Crippen LogP contribution in [0.25, 0.3) is 0 Å². The van der Waals surface area contributed by atoms with Crippen molar-refractivity contribution in [2.24, 2.45) is 11.7 Å². The molecule has 0 saturated carbocycles. The highest BCUT2D eigenvalue weighted by Crippen LogP contribution is 2.19. The molecule has 0 aliphatic heterocycles. The van der Waals surface area contributed by atoms with Gasteiger partial charge in [-0.1, -0.05) is 19.9 Å². The van der Waals surface area contributed by atoms with E-state index in [9.17, 15) is 9.18 Å². The van der Waals surface area contributed by atoms with Crippen LogP contribution in [0.15, 0.2) is 18.2 Å². The fourth-order valence-electron chi connectivity index (χ4n) is 1.67. The van der Waals surface area contributed by atoms with Crippen molar-refractivity contribution in [1.82, 2.24) is 5.32 Å². The normalized spacial score (nSPS) is 12.3. The zero-order valence-electron chi connectivity index (χ0n) is 12.3. The zero-order chi connectivity index (χ0) is 15.1. The minimum Gasteiger partial charge on any atom is -0.481 e. The molecule has 1 aromatic rings. The summed E-state index contributed by atoms with van der Waals surface area (Å²) in [6, 6.07) is 4.66. The van der Waals surface area contributed by atoms with E-state index in [1.54, 1.807) is 6.07 Å². The molecule has 0 radical (unpaired) electrons. The molecule has 20 heavy (non-hydrogen) atoms. The molecule has 0 heterocycles. The molecule has 0 aromatic heterocycles. The lowest BCUT2D eigenvalue weighted by molar-refractivity contribution is -0.123. The van der Waals surface area contributed by atoms with Crippen LogP contribution in [0.4, 0.5) is 4.39 Å². The minimum absolute atomic E-state index is 0.0250. The molecular formula is C15H23FN2O2. The quantitative estimate of drug-likeness (QED) is 0.802. The lowest BCUT2D eigenvalue weighted by Gasteiger charge is -2.11. The number of carbonyl (C=O) groups excluding carboxylic acids is 1. The lowest BCUT2D eigenvalue weighted by Crippen LogP contribution is -2.31. The highest BCUT2D eigenvalue weighted by Gasteiger charge is 2.09. The van der Waals surface area contributed by atoms with Gasteiger partial charge in [-0.3, -0.25) is 4.79 Å². The van der Waals surface area contributed by atoms with Crippen LogP contribution in [-0.2, 0) is 11.2 Å². The van der Waals surface area contributed by atoms with Crippen LogP contribution in [0.3, 0.4) is 0 Å². The monoisotopic (exact) mass is 282 g/mol. The Morgan fingerprint density at radius 2 is 2.10 bits per heavy atom. The topological polar surface area (TPSA) is 64.3 Å². The summed E-state index contributed by atoms with van der Waals surface area (Å²) in [7, 11) is 0. The lowest BCUT2D eigenvalue weighted by atomic mass is 10.1. The van der Waals surface area contributed by atoms with Gasteiger partial charge in [0.2, 0.25) is 0 Å². The first-order chi connectivity index (χ1) is 9.38. The third kappa shape index (κ3) is 6.02. The predicted molar refractivity (Wildman–Crippen MR) is 77.1 cm³/mol. The average molecular weight is 282 g/mol. The van der Waals surface area contributed by atoms with Gasteiger partial charge in [-0.05, 0) is 37.0 Å². The van der Waals surface area contributed by atoms with Gasteiger partial charge in [0.1, 0.15) is 0 Å². The SMILES string of the molecule is CC(C)CNC(=O)COc1ccc(CC(C)N)cc1F. The number of carbonyl (C=O) groups is 1. The maximum atomic E-state index is 13.8. The summed E-state index contributed by atoms with van der Waals surface area (Å²) in [6.07, 6.45) is 0.603. The summed E-state index contributed by atoms with van der Waals surface area (Å²) in [5.74, 6) is -0.274. The Morgan fingerprint density at radius 3 is 2.65 bits per heavy atom. The molecule has 3 N–H and O–H groups in total. The molecule has 0 saturated heterocycles. The van der Waals surface area contributed by atoms with Crippen molar-refractivity contribution in [3.8, 4) is 5.75 Å². The van der Waals surface area contributed by atoms with Crippen molar-refractivity contribution in [3.63, 3.8) is 0 Å². The largest absolute Gasteiger partial charge is 0.481 e. The summed E-state index contributed by atoms with van der Waals surface area (Å²) in [5.41, 5.74) is 6.48. The Kier molecular flexibility index (Phi) is 6.45. The fourth-order valence-corrected chi connectivity index (χ4v) is 1.67. The molecule has 1 amide bonds. The van der Waals surface area contributed by atoms with Crippen molar-refractivity contribution in [2.75, 3.05) is 13.2 Å². The van der Waals surface area contributed by atoms with Crippen LogP contribution < -0.4 is 15.8 Å². The van der Waals surface area contributed by atoms with Gasteiger partial charge in [-0.2, -0.15) is 0 Å². The molecule has 5 heteroatoms. The summed E-state index contributed by atoms with van der Waals surface area (Å²) in [4.78, 5) is 11.5. The molecule has 4 nitrogen and oxygen atoms in total. The van der Waals surface area contributed by atoms with Gasteiger partial charge in [-0.25, -0.2) is 4.39 Å². The van der Waals surface area contributed by atoms with E-state index in [1.165, 1.54) is 12.1 Å². The van der Waals surface area contributed by atoms with Crippen molar-refractivity contribution < 1.29 is 13.9 Å². The van der Waals surface area contributed by atoms with Gasteiger partial charge >= 0.3 is 0 Å². The van der Waals surface area contributed by atoms with E-state index in [4.69, 9.17) is 10.5 Å². The number of amides is 1.